The number of anilines is 1. The van der Waals surface area contributed by atoms with Gasteiger partial charge in [-0.15, -0.1) is 11.3 Å². The summed E-state index contributed by atoms with van der Waals surface area (Å²) < 4.78 is 11.3. The van der Waals surface area contributed by atoms with Gasteiger partial charge in [0.2, 0.25) is 0 Å². The molecule has 0 saturated heterocycles. The van der Waals surface area contributed by atoms with Crippen LogP contribution in [-0.4, -0.2) is 24.6 Å². The van der Waals surface area contributed by atoms with Crippen molar-refractivity contribution in [3.05, 3.63) is 45.3 Å². The summed E-state index contributed by atoms with van der Waals surface area (Å²) in [4.78, 5) is 26.9. The number of aryl methyl sites for hydroxylation is 2. The van der Waals surface area contributed by atoms with Crippen LogP contribution in [-0.2, 0) is 22.4 Å². The molecular formula is C24H31NO4S. The fourth-order valence-corrected chi connectivity index (χ4v) is 5.13. The van der Waals surface area contributed by atoms with Gasteiger partial charge in [0.1, 0.15) is 10.8 Å². The number of ether oxygens (including phenoxy) is 2. The molecule has 1 N–H and O–H groups in total. The molecule has 1 aromatic carbocycles. The summed E-state index contributed by atoms with van der Waals surface area (Å²) in [5.41, 5.74) is 3.86. The number of amides is 1. The molecule has 0 saturated carbocycles. The molecule has 0 bridgehead atoms. The standard InChI is InChI=1S/C24H31NO4S/c1-6-19(29-17-10-9-15(4)16(5)13-17)22(26)25-23-21(24(27)28-7-2)18-11-8-14(3)12-20(18)30-23/h9-10,13-14,19H,6-8,11-12H2,1-5H3,(H,25,26)/t14-,19+/m1/s1. The summed E-state index contributed by atoms with van der Waals surface area (Å²) in [6.07, 6.45) is 2.69. The SMILES string of the molecule is CCOC(=O)c1c(NC(=O)[C@H](CC)Oc2ccc(C)c(C)c2)sc2c1CC[C@@H](C)C2. The zero-order chi connectivity index (χ0) is 21.8. The van der Waals surface area contributed by atoms with Crippen LogP contribution in [0.1, 0.15) is 65.5 Å². The minimum absolute atomic E-state index is 0.243. The van der Waals surface area contributed by atoms with Gasteiger partial charge in [-0.25, -0.2) is 4.79 Å². The summed E-state index contributed by atoms with van der Waals surface area (Å²) in [6, 6.07) is 5.82. The summed E-state index contributed by atoms with van der Waals surface area (Å²) in [7, 11) is 0. The van der Waals surface area contributed by atoms with Crippen molar-refractivity contribution in [3.8, 4) is 5.75 Å². The van der Waals surface area contributed by atoms with Crippen LogP contribution in [0.15, 0.2) is 18.2 Å². The Balaban J connectivity index is 1.83. The smallest absolute Gasteiger partial charge is 0.341 e. The van der Waals surface area contributed by atoms with E-state index in [0.29, 0.717) is 35.3 Å². The molecule has 3 rings (SSSR count). The van der Waals surface area contributed by atoms with Gasteiger partial charge >= 0.3 is 5.97 Å². The summed E-state index contributed by atoms with van der Waals surface area (Å²) in [5, 5.41) is 3.56. The van der Waals surface area contributed by atoms with E-state index in [4.69, 9.17) is 9.47 Å². The molecule has 6 heteroatoms. The molecule has 0 unspecified atom stereocenters. The molecule has 30 heavy (non-hydrogen) atoms. The minimum atomic E-state index is -0.639. The Bertz CT molecular complexity index is 934. The van der Waals surface area contributed by atoms with E-state index in [2.05, 4.69) is 12.2 Å². The second-order valence-corrected chi connectivity index (χ2v) is 9.13. The highest BCUT2D eigenvalue weighted by Crippen LogP contribution is 2.40. The first-order chi connectivity index (χ1) is 14.3. The lowest BCUT2D eigenvalue weighted by atomic mass is 9.88. The van der Waals surface area contributed by atoms with Gasteiger partial charge in [0.25, 0.3) is 5.91 Å². The summed E-state index contributed by atoms with van der Waals surface area (Å²) in [6.45, 7) is 10.3. The van der Waals surface area contributed by atoms with E-state index in [1.165, 1.54) is 21.8 Å². The van der Waals surface area contributed by atoms with E-state index >= 15 is 0 Å². The number of esters is 1. The predicted octanol–water partition coefficient (Wildman–Crippen LogP) is 5.46. The van der Waals surface area contributed by atoms with Gasteiger partial charge in [-0.2, -0.15) is 0 Å². The third-order valence-corrected chi connectivity index (χ3v) is 6.82. The average Bonchev–Trinajstić information content (AvgIpc) is 3.05. The number of nitrogens with one attached hydrogen (secondary N) is 1. The van der Waals surface area contributed by atoms with Crippen molar-refractivity contribution in [2.45, 2.75) is 66.4 Å². The fraction of sp³-hybridized carbons (Fsp3) is 0.500. The highest BCUT2D eigenvalue weighted by atomic mass is 32.1. The molecule has 2 atom stereocenters. The maximum Gasteiger partial charge on any atom is 0.341 e. The van der Waals surface area contributed by atoms with E-state index in [0.717, 1.165) is 30.4 Å². The molecule has 0 fully saturated rings. The Kier molecular flexibility index (Phi) is 7.19. The van der Waals surface area contributed by atoms with Gasteiger partial charge in [0.05, 0.1) is 12.2 Å². The largest absolute Gasteiger partial charge is 0.481 e. The highest BCUT2D eigenvalue weighted by Gasteiger charge is 2.30. The van der Waals surface area contributed by atoms with Crippen molar-refractivity contribution in [2.75, 3.05) is 11.9 Å². The van der Waals surface area contributed by atoms with Gasteiger partial charge in [0.15, 0.2) is 6.10 Å². The highest BCUT2D eigenvalue weighted by molar-refractivity contribution is 7.17. The van der Waals surface area contributed by atoms with Crippen LogP contribution < -0.4 is 10.1 Å². The van der Waals surface area contributed by atoms with Crippen LogP contribution in [0.5, 0.6) is 5.75 Å². The van der Waals surface area contributed by atoms with E-state index < -0.39 is 6.10 Å². The Morgan fingerprint density at radius 1 is 1.23 bits per heavy atom. The number of carbonyl (C=O) groups excluding carboxylic acids is 2. The molecule has 1 aromatic heterocycles. The Morgan fingerprint density at radius 2 is 2.00 bits per heavy atom. The quantitative estimate of drug-likeness (QED) is 0.594. The number of hydrogen-bond acceptors (Lipinski definition) is 5. The monoisotopic (exact) mass is 429 g/mol. The Morgan fingerprint density at radius 3 is 2.67 bits per heavy atom. The van der Waals surface area contributed by atoms with Crippen LogP contribution >= 0.6 is 11.3 Å². The van der Waals surface area contributed by atoms with E-state index in [1.807, 2.05) is 39.0 Å². The third kappa shape index (κ3) is 4.86. The zero-order valence-electron chi connectivity index (χ0n) is 18.5. The van der Waals surface area contributed by atoms with Gasteiger partial charge in [-0.1, -0.05) is 19.9 Å². The van der Waals surface area contributed by atoms with Crippen LogP contribution in [0.4, 0.5) is 5.00 Å². The van der Waals surface area contributed by atoms with E-state index in [1.54, 1.807) is 6.92 Å². The molecule has 162 valence electrons. The van der Waals surface area contributed by atoms with Crippen molar-refractivity contribution < 1.29 is 19.1 Å². The topological polar surface area (TPSA) is 64.6 Å². The van der Waals surface area contributed by atoms with Gasteiger partial charge < -0.3 is 14.8 Å². The first kappa shape index (κ1) is 22.3. The second kappa shape index (κ2) is 9.65. The summed E-state index contributed by atoms with van der Waals surface area (Å²) in [5.74, 6) is 0.646. The van der Waals surface area contributed by atoms with Crippen molar-refractivity contribution in [1.82, 2.24) is 0 Å². The van der Waals surface area contributed by atoms with Gasteiger partial charge in [-0.05, 0) is 81.2 Å². The molecule has 1 aliphatic rings. The van der Waals surface area contributed by atoms with E-state index in [9.17, 15) is 9.59 Å². The maximum atomic E-state index is 13.0. The Hall–Kier alpha value is -2.34. The zero-order valence-corrected chi connectivity index (χ0v) is 19.3. The van der Waals surface area contributed by atoms with Crippen LogP contribution in [0.2, 0.25) is 0 Å². The first-order valence-electron chi connectivity index (χ1n) is 10.7. The third-order valence-electron chi connectivity index (χ3n) is 5.65. The normalized spacial score (nSPS) is 16.5. The number of hydrogen-bond donors (Lipinski definition) is 1. The lowest BCUT2D eigenvalue weighted by Gasteiger charge is -2.19. The van der Waals surface area contributed by atoms with Crippen LogP contribution in [0.25, 0.3) is 0 Å². The van der Waals surface area contributed by atoms with Gasteiger partial charge in [0, 0.05) is 4.88 Å². The minimum Gasteiger partial charge on any atom is -0.481 e. The fourth-order valence-electron chi connectivity index (χ4n) is 3.72. The number of rotatable bonds is 7. The van der Waals surface area contributed by atoms with Crippen LogP contribution in [0, 0.1) is 19.8 Å². The number of benzene rings is 1. The molecule has 1 heterocycles. The van der Waals surface area contributed by atoms with E-state index in [-0.39, 0.29) is 11.9 Å². The maximum absolute atomic E-state index is 13.0. The summed E-state index contributed by atoms with van der Waals surface area (Å²) >= 11 is 1.50. The molecule has 5 nitrogen and oxygen atoms in total. The molecule has 0 radical (unpaired) electrons. The van der Waals surface area contributed by atoms with Crippen molar-refractivity contribution >= 4 is 28.2 Å². The molecule has 1 aliphatic carbocycles. The average molecular weight is 430 g/mol. The van der Waals surface area contributed by atoms with Crippen molar-refractivity contribution in [3.63, 3.8) is 0 Å². The Labute approximate surface area is 182 Å². The molecule has 0 aliphatic heterocycles. The van der Waals surface area contributed by atoms with Crippen molar-refractivity contribution in [2.24, 2.45) is 5.92 Å². The molecule has 1 amide bonds. The lowest BCUT2D eigenvalue weighted by molar-refractivity contribution is -0.122. The molecule has 0 spiro atoms. The van der Waals surface area contributed by atoms with Crippen molar-refractivity contribution in [1.29, 1.82) is 0 Å². The predicted molar refractivity (Wildman–Crippen MR) is 121 cm³/mol. The first-order valence-corrected chi connectivity index (χ1v) is 11.5. The lowest BCUT2D eigenvalue weighted by Crippen LogP contribution is -2.32. The second-order valence-electron chi connectivity index (χ2n) is 8.03. The number of carbonyl (C=O) groups is 2. The number of fused-ring (bicyclic) bond motifs is 1. The molecular weight excluding hydrogens is 398 g/mol. The number of thiophene rings is 1. The van der Waals surface area contributed by atoms with Gasteiger partial charge in [-0.3, -0.25) is 4.79 Å². The van der Waals surface area contributed by atoms with Crippen LogP contribution in [0.3, 0.4) is 0 Å². The molecule has 2 aromatic rings.